The van der Waals surface area contributed by atoms with Gasteiger partial charge in [0.1, 0.15) is 5.75 Å². The molecule has 4 rings (SSSR count). The van der Waals surface area contributed by atoms with E-state index in [1.165, 1.54) is 0 Å². The van der Waals surface area contributed by atoms with Crippen LogP contribution in [0, 0.1) is 5.92 Å². The molecular formula is C25H29ClN6O4. The number of aromatic nitrogens is 2. The fourth-order valence-electron chi connectivity index (χ4n) is 3.59. The Balaban J connectivity index is 0.00000361. The van der Waals surface area contributed by atoms with Gasteiger partial charge in [-0.15, -0.1) is 22.6 Å². The Morgan fingerprint density at radius 3 is 2.94 bits per heavy atom. The first-order valence-corrected chi connectivity index (χ1v) is 11.7. The number of hydrogen-bond acceptors (Lipinski definition) is 8. The van der Waals surface area contributed by atoms with Crippen molar-refractivity contribution in [3.63, 3.8) is 0 Å². The minimum absolute atomic E-state index is 0. The van der Waals surface area contributed by atoms with Gasteiger partial charge in [0, 0.05) is 37.1 Å². The highest BCUT2D eigenvalue weighted by molar-refractivity contribution is 5.86. The highest BCUT2D eigenvalue weighted by Crippen LogP contribution is 2.27. The third-order valence-electron chi connectivity index (χ3n) is 5.38. The predicted octanol–water partition coefficient (Wildman–Crippen LogP) is 3.92. The molecule has 36 heavy (non-hydrogen) atoms. The number of fused-ring (bicyclic) bond motifs is 1. The summed E-state index contributed by atoms with van der Waals surface area (Å²) >= 11 is 0. The summed E-state index contributed by atoms with van der Waals surface area (Å²) in [6.07, 6.45) is 9.60. The van der Waals surface area contributed by atoms with Gasteiger partial charge in [-0.2, -0.15) is 4.98 Å². The zero-order valence-electron chi connectivity index (χ0n) is 20.0. The number of hydrogen-bond donors (Lipinski definition) is 2. The fraction of sp³-hybridized carbons (Fsp3) is 0.360. The van der Waals surface area contributed by atoms with E-state index in [4.69, 9.17) is 9.26 Å². The lowest BCUT2D eigenvalue weighted by Crippen LogP contribution is -2.28. The van der Waals surface area contributed by atoms with Crippen LogP contribution in [0.2, 0.25) is 0 Å². The van der Waals surface area contributed by atoms with Gasteiger partial charge in [0.15, 0.2) is 5.82 Å². The van der Waals surface area contributed by atoms with E-state index in [-0.39, 0.29) is 36.6 Å². The maximum atomic E-state index is 12.2. The molecule has 190 valence electrons. The molecule has 2 amide bonds. The molecule has 0 bridgehead atoms. The lowest BCUT2D eigenvalue weighted by Gasteiger charge is -2.20. The summed E-state index contributed by atoms with van der Waals surface area (Å²) in [6.45, 7) is 3.79. The minimum atomic E-state index is -0.372. The van der Waals surface area contributed by atoms with E-state index in [1.807, 2.05) is 48.6 Å². The van der Waals surface area contributed by atoms with Crippen molar-refractivity contribution in [3.8, 4) is 17.1 Å². The molecule has 0 saturated heterocycles. The van der Waals surface area contributed by atoms with E-state index in [9.17, 15) is 9.59 Å². The van der Waals surface area contributed by atoms with Crippen molar-refractivity contribution in [1.29, 1.82) is 0 Å². The monoisotopic (exact) mass is 512 g/mol. The second kappa shape index (κ2) is 13.3. The van der Waals surface area contributed by atoms with Crippen LogP contribution in [-0.4, -0.2) is 41.7 Å². The Labute approximate surface area is 215 Å². The maximum Gasteiger partial charge on any atom is 0.276 e. The van der Waals surface area contributed by atoms with Crippen molar-refractivity contribution in [2.24, 2.45) is 16.1 Å². The Hall–Kier alpha value is -3.79. The Morgan fingerprint density at radius 1 is 1.19 bits per heavy atom. The van der Waals surface area contributed by atoms with Crippen LogP contribution in [-0.2, 0) is 16.0 Å². The standard InChI is InChI=1S/C25H28N6O4.ClH/c1-2-15-34-18-8-5-7-17(16-18)23-28-22(35-31-23)12-11-21(32)26-13-6-14-27-24-19-9-3-4-10-20(19)25(33)30-29-24;/h3-5,7-10,16,20,27H,2,6,11-15H2,1H3,(H,26,32);1H. The number of allylic oxidation sites excluding steroid dienone is 3. The average Bonchev–Trinajstić information content (AvgIpc) is 3.37. The van der Waals surface area contributed by atoms with Gasteiger partial charge in [-0.1, -0.05) is 48.5 Å². The van der Waals surface area contributed by atoms with Gasteiger partial charge in [-0.3, -0.25) is 9.59 Å². The third-order valence-corrected chi connectivity index (χ3v) is 5.38. The summed E-state index contributed by atoms with van der Waals surface area (Å²) in [5.74, 6) is 1.50. The summed E-state index contributed by atoms with van der Waals surface area (Å²) in [7, 11) is 0. The van der Waals surface area contributed by atoms with E-state index in [0.717, 1.165) is 23.3 Å². The normalized spacial score (nSPS) is 15.9. The number of nitrogens with zero attached hydrogens (tertiary/aromatic N) is 4. The van der Waals surface area contributed by atoms with Crippen molar-refractivity contribution in [2.45, 2.75) is 32.6 Å². The van der Waals surface area contributed by atoms with Crippen LogP contribution in [0.4, 0.5) is 0 Å². The molecule has 1 aliphatic carbocycles. The summed E-state index contributed by atoms with van der Waals surface area (Å²) < 4.78 is 10.9. The summed E-state index contributed by atoms with van der Waals surface area (Å²) in [4.78, 5) is 28.4. The number of carbonyl (C=O) groups is 2. The fourth-order valence-corrected chi connectivity index (χ4v) is 3.59. The van der Waals surface area contributed by atoms with Crippen LogP contribution in [0.25, 0.3) is 11.4 Å². The molecule has 0 fully saturated rings. The third kappa shape index (κ3) is 7.11. The molecule has 1 atom stereocenters. The van der Waals surface area contributed by atoms with Gasteiger partial charge < -0.3 is 19.9 Å². The van der Waals surface area contributed by atoms with Gasteiger partial charge in [-0.05, 0) is 25.0 Å². The number of benzene rings is 1. The number of ether oxygens (including phenoxy) is 1. The molecule has 0 spiro atoms. The Kier molecular flexibility index (Phi) is 9.93. The summed E-state index contributed by atoms with van der Waals surface area (Å²) in [5, 5.41) is 17.8. The molecular weight excluding hydrogens is 484 g/mol. The topological polar surface area (TPSA) is 131 Å². The van der Waals surface area contributed by atoms with Crippen LogP contribution in [0.5, 0.6) is 5.75 Å². The van der Waals surface area contributed by atoms with E-state index >= 15 is 0 Å². The van der Waals surface area contributed by atoms with E-state index < -0.39 is 0 Å². The van der Waals surface area contributed by atoms with Crippen molar-refractivity contribution >= 4 is 24.2 Å². The van der Waals surface area contributed by atoms with Crippen LogP contribution in [0.15, 0.2) is 74.7 Å². The molecule has 11 heteroatoms. The van der Waals surface area contributed by atoms with Crippen molar-refractivity contribution in [1.82, 2.24) is 20.8 Å². The lowest BCUT2D eigenvalue weighted by molar-refractivity contribution is -0.121. The molecule has 2 N–H and O–H groups in total. The Morgan fingerprint density at radius 2 is 2.08 bits per heavy atom. The quantitative estimate of drug-likeness (QED) is 0.412. The van der Waals surface area contributed by atoms with Gasteiger partial charge in [0.2, 0.25) is 17.6 Å². The van der Waals surface area contributed by atoms with E-state index in [1.54, 1.807) is 0 Å². The van der Waals surface area contributed by atoms with Gasteiger partial charge in [-0.25, -0.2) is 0 Å². The molecule has 1 aromatic carbocycles. The largest absolute Gasteiger partial charge is 0.494 e. The second-order valence-corrected chi connectivity index (χ2v) is 8.08. The molecule has 2 heterocycles. The first kappa shape index (κ1) is 26.8. The number of rotatable bonds is 12. The van der Waals surface area contributed by atoms with Gasteiger partial charge >= 0.3 is 0 Å². The molecule has 1 aliphatic heterocycles. The molecule has 1 unspecified atom stereocenters. The highest BCUT2D eigenvalue weighted by atomic mass is 35.5. The molecule has 1 aromatic heterocycles. The van der Waals surface area contributed by atoms with Crippen molar-refractivity contribution in [2.75, 3.05) is 19.7 Å². The highest BCUT2D eigenvalue weighted by Gasteiger charge is 2.26. The smallest absolute Gasteiger partial charge is 0.276 e. The number of aryl methyl sites for hydroxylation is 1. The summed E-state index contributed by atoms with van der Waals surface area (Å²) in [6, 6.07) is 7.53. The van der Waals surface area contributed by atoms with Crippen LogP contribution < -0.4 is 15.4 Å². The van der Waals surface area contributed by atoms with Gasteiger partial charge in [0.05, 0.1) is 12.5 Å². The minimum Gasteiger partial charge on any atom is -0.494 e. The SMILES string of the molecule is CCCOc1cccc(-c2noc(CCC(=O)NCCCNC3=C4C=CC=CC4C(=O)N=N3)n2)c1.Cl. The van der Waals surface area contributed by atoms with Crippen molar-refractivity contribution < 1.29 is 18.8 Å². The second-order valence-electron chi connectivity index (χ2n) is 8.08. The lowest BCUT2D eigenvalue weighted by atomic mass is 9.93. The average molecular weight is 513 g/mol. The molecule has 0 saturated carbocycles. The van der Waals surface area contributed by atoms with Crippen LogP contribution in [0.3, 0.4) is 0 Å². The molecule has 2 aromatic rings. The van der Waals surface area contributed by atoms with Gasteiger partial charge in [0.25, 0.3) is 5.91 Å². The number of halogens is 1. The van der Waals surface area contributed by atoms with Crippen molar-refractivity contribution in [3.05, 3.63) is 65.9 Å². The number of carbonyl (C=O) groups excluding carboxylic acids is 2. The first-order chi connectivity index (χ1) is 17.1. The summed E-state index contributed by atoms with van der Waals surface area (Å²) in [5.41, 5.74) is 1.62. The predicted molar refractivity (Wildman–Crippen MR) is 135 cm³/mol. The number of nitrogens with one attached hydrogen (secondary N) is 2. The first-order valence-electron chi connectivity index (χ1n) is 11.7. The number of amides is 2. The zero-order valence-corrected chi connectivity index (χ0v) is 20.8. The molecule has 10 nitrogen and oxygen atoms in total. The zero-order chi connectivity index (χ0) is 24.5. The van der Waals surface area contributed by atoms with E-state index in [0.29, 0.717) is 50.1 Å². The Bertz CT molecular complexity index is 1190. The maximum absolute atomic E-state index is 12.2. The van der Waals surface area contributed by atoms with Crippen LogP contribution >= 0.6 is 12.4 Å². The molecule has 0 radical (unpaired) electrons. The molecule has 2 aliphatic rings. The van der Waals surface area contributed by atoms with E-state index in [2.05, 4.69) is 37.9 Å². The van der Waals surface area contributed by atoms with Crippen LogP contribution in [0.1, 0.15) is 32.1 Å². The number of azo groups is 1.